The van der Waals surface area contributed by atoms with Gasteiger partial charge in [0, 0.05) is 26.3 Å². The van der Waals surface area contributed by atoms with E-state index in [0.717, 1.165) is 44.7 Å². The molecule has 1 aliphatic rings. The van der Waals surface area contributed by atoms with Crippen LogP contribution in [0.25, 0.3) is 0 Å². The number of nitrogens with zero attached hydrogens (tertiary/aromatic N) is 1. The van der Waals surface area contributed by atoms with Gasteiger partial charge in [-0.1, -0.05) is 6.07 Å². The number of ether oxygens (including phenoxy) is 2. The maximum atomic E-state index is 11.2. The number of carboxylic acid groups (broad SMARTS) is 1. The van der Waals surface area contributed by atoms with Gasteiger partial charge in [0.15, 0.2) is 0 Å². The van der Waals surface area contributed by atoms with Crippen molar-refractivity contribution in [2.24, 2.45) is 5.92 Å². The van der Waals surface area contributed by atoms with Crippen molar-refractivity contribution in [1.82, 2.24) is 4.90 Å². The van der Waals surface area contributed by atoms with Crippen molar-refractivity contribution in [1.29, 1.82) is 0 Å². The molecule has 0 amide bonds. The van der Waals surface area contributed by atoms with Crippen molar-refractivity contribution in [3.8, 4) is 5.75 Å². The molecule has 5 nitrogen and oxygen atoms in total. The van der Waals surface area contributed by atoms with Gasteiger partial charge in [-0.05, 0) is 43.5 Å². The fraction of sp³-hybridized carbons (Fsp3) is 0.562. The fourth-order valence-corrected chi connectivity index (χ4v) is 2.77. The third-order valence-electron chi connectivity index (χ3n) is 3.86. The van der Waals surface area contributed by atoms with Gasteiger partial charge in [-0.2, -0.15) is 0 Å². The molecule has 116 valence electrons. The number of hydrogen-bond donors (Lipinski definition) is 1. The molecule has 1 aliphatic heterocycles. The standard InChI is InChI=1S/C16H23NO4/c1-17(10-12-5-7-21-8-6-12)11-13-3-4-15(20-2)14(9-13)16(18)19/h3-4,9,12H,5-8,10-11H2,1-2H3,(H,18,19). The first-order chi connectivity index (χ1) is 10.1. The topological polar surface area (TPSA) is 59.0 Å². The summed E-state index contributed by atoms with van der Waals surface area (Å²) in [5.41, 5.74) is 1.21. The highest BCUT2D eigenvalue weighted by atomic mass is 16.5. The minimum absolute atomic E-state index is 0.217. The molecule has 0 radical (unpaired) electrons. The average molecular weight is 293 g/mol. The summed E-state index contributed by atoms with van der Waals surface area (Å²) in [7, 11) is 3.55. The van der Waals surface area contributed by atoms with E-state index in [9.17, 15) is 9.90 Å². The van der Waals surface area contributed by atoms with E-state index < -0.39 is 5.97 Å². The van der Waals surface area contributed by atoms with E-state index in [1.807, 2.05) is 6.07 Å². The first-order valence-corrected chi connectivity index (χ1v) is 7.26. The molecule has 1 aromatic carbocycles. The van der Waals surface area contributed by atoms with Gasteiger partial charge in [-0.25, -0.2) is 4.79 Å². The summed E-state index contributed by atoms with van der Waals surface area (Å²) < 4.78 is 10.4. The predicted octanol–water partition coefficient (Wildman–Crippen LogP) is 2.25. The van der Waals surface area contributed by atoms with Crippen molar-refractivity contribution >= 4 is 5.97 Å². The van der Waals surface area contributed by atoms with Crippen molar-refractivity contribution in [2.75, 3.05) is 33.9 Å². The summed E-state index contributed by atoms with van der Waals surface area (Å²) in [6.07, 6.45) is 2.21. The molecular weight excluding hydrogens is 270 g/mol. The zero-order valence-electron chi connectivity index (χ0n) is 12.7. The monoisotopic (exact) mass is 293 g/mol. The summed E-state index contributed by atoms with van der Waals surface area (Å²) in [5, 5.41) is 9.21. The molecule has 21 heavy (non-hydrogen) atoms. The lowest BCUT2D eigenvalue weighted by atomic mass is 9.99. The molecule has 1 saturated heterocycles. The Balaban J connectivity index is 1.98. The molecule has 1 fully saturated rings. The third kappa shape index (κ3) is 4.44. The molecule has 0 saturated carbocycles. The van der Waals surface area contributed by atoms with Gasteiger partial charge in [0.2, 0.25) is 0 Å². The second kappa shape index (κ2) is 7.43. The van der Waals surface area contributed by atoms with Gasteiger partial charge in [-0.15, -0.1) is 0 Å². The van der Waals surface area contributed by atoms with Crippen LogP contribution < -0.4 is 4.74 Å². The Morgan fingerprint density at radius 3 is 2.76 bits per heavy atom. The maximum Gasteiger partial charge on any atom is 0.339 e. The molecule has 0 bridgehead atoms. The van der Waals surface area contributed by atoms with Crippen LogP contribution in [0, 0.1) is 5.92 Å². The lowest BCUT2D eigenvalue weighted by Gasteiger charge is -2.27. The molecule has 1 heterocycles. The van der Waals surface area contributed by atoms with E-state index >= 15 is 0 Å². The van der Waals surface area contributed by atoms with Gasteiger partial charge in [-0.3, -0.25) is 0 Å². The van der Waals surface area contributed by atoms with Crippen LogP contribution >= 0.6 is 0 Å². The summed E-state index contributed by atoms with van der Waals surface area (Å²) in [4.78, 5) is 13.5. The SMILES string of the molecule is COc1ccc(CN(C)CC2CCOCC2)cc1C(=O)O. The second-order valence-corrected chi connectivity index (χ2v) is 5.59. The van der Waals surface area contributed by atoms with Gasteiger partial charge < -0.3 is 19.5 Å². The fourth-order valence-electron chi connectivity index (χ4n) is 2.77. The molecule has 1 aromatic rings. The number of benzene rings is 1. The largest absolute Gasteiger partial charge is 0.496 e. The van der Waals surface area contributed by atoms with Gasteiger partial charge in [0.25, 0.3) is 0 Å². The molecule has 1 N–H and O–H groups in total. The van der Waals surface area contributed by atoms with Crippen LogP contribution in [0.1, 0.15) is 28.8 Å². The summed E-state index contributed by atoms with van der Waals surface area (Å²) in [6.45, 7) is 3.45. The molecule has 0 spiro atoms. The highest BCUT2D eigenvalue weighted by molar-refractivity contribution is 5.91. The van der Waals surface area contributed by atoms with Crippen LogP contribution in [-0.4, -0.2) is 49.9 Å². The molecule has 0 aliphatic carbocycles. The predicted molar refractivity (Wildman–Crippen MR) is 79.8 cm³/mol. The van der Waals surface area contributed by atoms with Crippen molar-refractivity contribution in [3.63, 3.8) is 0 Å². The summed E-state index contributed by atoms with van der Waals surface area (Å²) >= 11 is 0. The van der Waals surface area contributed by atoms with Crippen LogP contribution in [0.15, 0.2) is 18.2 Å². The van der Waals surface area contributed by atoms with E-state index in [1.54, 1.807) is 12.1 Å². The van der Waals surface area contributed by atoms with Crippen molar-refractivity contribution in [3.05, 3.63) is 29.3 Å². The summed E-state index contributed by atoms with van der Waals surface area (Å²) in [5.74, 6) is 0.111. The molecule has 0 unspecified atom stereocenters. The Morgan fingerprint density at radius 1 is 1.43 bits per heavy atom. The first kappa shape index (κ1) is 15.8. The number of carbonyl (C=O) groups is 1. The first-order valence-electron chi connectivity index (χ1n) is 7.26. The van der Waals surface area contributed by atoms with E-state index in [0.29, 0.717) is 11.7 Å². The Morgan fingerprint density at radius 2 is 2.14 bits per heavy atom. The van der Waals surface area contributed by atoms with Crippen LogP contribution in [0.5, 0.6) is 5.75 Å². The van der Waals surface area contributed by atoms with Crippen LogP contribution in [0.2, 0.25) is 0 Å². The van der Waals surface area contributed by atoms with Crippen molar-refractivity contribution in [2.45, 2.75) is 19.4 Å². The Labute approximate surface area is 125 Å². The molecule has 5 heteroatoms. The van der Waals surface area contributed by atoms with Crippen LogP contribution in [-0.2, 0) is 11.3 Å². The third-order valence-corrected chi connectivity index (χ3v) is 3.86. The Kier molecular flexibility index (Phi) is 5.59. The lowest BCUT2D eigenvalue weighted by molar-refractivity contribution is 0.0549. The Hall–Kier alpha value is -1.59. The van der Waals surface area contributed by atoms with Crippen LogP contribution in [0.4, 0.5) is 0 Å². The summed E-state index contributed by atoms with van der Waals surface area (Å²) in [6, 6.07) is 5.34. The van der Waals surface area contributed by atoms with E-state index in [2.05, 4.69) is 11.9 Å². The van der Waals surface area contributed by atoms with Gasteiger partial charge in [0.05, 0.1) is 7.11 Å². The molecule has 0 aromatic heterocycles. The minimum Gasteiger partial charge on any atom is -0.496 e. The number of methoxy groups -OCH3 is 1. The zero-order valence-corrected chi connectivity index (χ0v) is 12.7. The number of rotatable bonds is 6. The quantitative estimate of drug-likeness (QED) is 0.871. The number of aromatic carboxylic acids is 1. The lowest BCUT2D eigenvalue weighted by Crippen LogP contribution is -2.29. The number of hydrogen-bond acceptors (Lipinski definition) is 4. The smallest absolute Gasteiger partial charge is 0.339 e. The highest BCUT2D eigenvalue weighted by Gasteiger charge is 2.17. The van der Waals surface area contributed by atoms with E-state index in [-0.39, 0.29) is 5.56 Å². The second-order valence-electron chi connectivity index (χ2n) is 5.59. The van der Waals surface area contributed by atoms with Crippen molar-refractivity contribution < 1.29 is 19.4 Å². The minimum atomic E-state index is -0.958. The Bertz CT molecular complexity index is 483. The zero-order chi connectivity index (χ0) is 15.2. The maximum absolute atomic E-state index is 11.2. The van der Waals surface area contributed by atoms with Crippen LogP contribution in [0.3, 0.4) is 0 Å². The number of carboxylic acids is 1. The van der Waals surface area contributed by atoms with Gasteiger partial charge in [0.1, 0.15) is 11.3 Å². The normalized spacial score (nSPS) is 16.1. The molecule has 0 atom stereocenters. The molecule has 2 rings (SSSR count). The highest BCUT2D eigenvalue weighted by Crippen LogP contribution is 2.21. The van der Waals surface area contributed by atoms with E-state index in [4.69, 9.17) is 9.47 Å². The average Bonchev–Trinajstić information content (AvgIpc) is 2.48. The van der Waals surface area contributed by atoms with E-state index in [1.165, 1.54) is 7.11 Å². The molecular formula is C16H23NO4. The van der Waals surface area contributed by atoms with Gasteiger partial charge >= 0.3 is 5.97 Å².